The first-order valence-corrected chi connectivity index (χ1v) is 9.98. The molecule has 5 nitrogen and oxygen atoms in total. The summed E-state index contributed by atoms with van der Waals surface area (Å²) in [5.74, 6) is 1.94. The van der Waals surface area contributed by atoms with Gasteiger partial charge in [0.2, 0.25) is 5.91 Å². The highest BCUT2D eigenvalue weighted by Crippen LogP contribution is 2.29. The topological polar surface area (TPSA) is 64.1 Å². The van der Waals surface area contributed by atoms with E-state index in [1.54, 1.807) is 18.9 Å². The number of nitrogens with one attached hydrogen (secondary N) is 1. The Hall–Kier alpha value is -1.51. The number of carbonyl (C=O) groups is 1. The summed E-state index contributed by atoms with van der Waals surface area (Å²) in [5, 5.41) is 11.1. The Bertz CT molecular complexity index is 686. The number of methoxy groups -OCH3 is 1. The van der Waals surface area contributed by atoms with Crippen molar-refractivity contribution in [1.29, 1.82) is 0 Å². The number of amides is 1. The minimum atomic E-state index is -0.0258. The summed E-state index contributed by atoms with van der Waals surface area (Å²) in [6, 6.07) is 7.62. The molecule has 0 saturated carbocycles. The van der Waals surface area contributed by atoms with Gasteiger partial charge in [-0.2, -0.15) is 0 Å². The summed E-state index contributed by atoms with van der Waals surface area (Å²) >= 11 is 4.52. The van der Waals surface area contributed by atoms with E-state index in [1.165, 1.54) is 23.1 Å². The van der Waals surface area contributed by atoms with E-state index in [0.29, 0.717) is 12.3 Å². The summed E-state index contributed by atoms with van der Waals surface area (Å²) < 4.78 is 6.81. The van der Waals surface area contributed by atoms with Crippen molar-refractivity contribution < 1.29 is 9.53 Å². The molecule has 0 saturated heterocycles. The SMILES string of the molecule is C=C(C)CSc1nnc(SCC(=O)NCc2ccc(OC)cc2)s1. The predicted molar refractivity (Wildman–Crippen MR) is 101 cm³/mol. The van der Waals surface area contributed by atoms with Crippen LogP contribution in [0.1, 0.15) is 12.5 Å². The van der Waals surface area contributed by atoms with Crippen LogP contribution in [0.2, 0.25) is 0 Å². The molecule has 2 rings (SSSR count). The molecule has 1 N–H and O–H groups in total. The van der Waals surface area contributed by atoms with Crippen LogP contribution in [0.15, 0.2) is 45.1 Å². The molecule has 0 radical (unpaired) electrons. The molecule has 0 fully saturated rings. The maximum Gasteiger partial charge on any atom is 0.230 e. The fourth-order valence-electron chi connectivity index (χ4n) is 1.62. The highest BCUT2D eigenvalue weighted by atomic mass is 32.2. The lowest BCUT2D eigenvalue weighted by atomic mass is 10.2. The first-order valence-electron chi connectivity index (χ1n) is 7.20. The zero-order valence-corrected chi connectivity index (χ0v) is 16.0. The number of hydrogen-bond donors (Lipinski definition) is 1. The van der Waals surface area contributed by atoms with E-state index in [-0.39, 0.29) is 5.91 Å². The van der Waals surface area contributed by atoms with Gasteiger partial charge in [0.15, 0.2) is 8.68 Å². The molecule has 0 aliphatic carbocycles. The van der Waals surface area contributed by atoms with E-state index >= 15 is 0 Å². The second-order valence-corrected chi connectivity index (χ2v) is 8.42. The van der Waals surface area contributed by atoms with Crippen molar-refractivity contribution in [1.82, 2.24) is 15.5 Å². The molecule has 2 aromatic rings. The average molecular weight is 382 g/mol. The Labute approximate surface area is 154 Å². The molecule has 1 amide bonds. The molecule has 0 atom stereocenters. The molecule has 0 aliphatic rings. The molecular formula is C16H19N3O2S3. The standard InChI is InChI=1S/C16H19N3O2S3/c1-11(2)9-22-15-18-19-16(24-15)23-10-14(20)17-8-12-4-6-13(21-3)7-5-12/h4-7H,1,8-10H2,2-3H3,(H,17,20). The van der Waals surface area contributed by atoms with Crippen molar-refractivity contribution in [3.63, 3.8) is 0 Å². The summed E-state index contributed by atoms with van der Waals surface area (Å²) in [6.45, 7) is 6.34. The number of nitrogens with zero attached hydrogens (tertiary/aromatic N) is 2. The Balaban J connectivity index is 1.71. The number of aromatic nitrogens is 2. The number of ether oxygens (including phenoxy) is 1. The van der Waals surface area contributed by atoms with Crippen molar-refractivity contribution >= 4 is 40.8 Å². The third-order valence-corrected chi connectivity index (χ3v) is 6.23. The normalized spacial score (nSPS) is 10.4. The van der Waals surface area contributed by atoms with Crippen LogP contribution < -0.4 is 10.1 Å². The minimum Gasteiger partial charge on any atom is -0.497 e. The molecule has 1 aromatic carbocycles. The minimum absolute atomic E-state index is 0.0258. The van der Waals surface area contributed by atoms with Crippen LogP contribution in [0.25, 0.3) is 0 Å². The summed E-state index contributed by atoms with van der Waals surface area (Å²) in [5.41, 5.74) is 2.13. The summed E-state index contributed by atoms with van der Waals surface area (Å²) in [7, 11) is 1.63. The van der Waals surface area contributed by atoms with Gasteiger partial charge in [0.05, 0.1) is 12.9 Å². The van der Waals surface area contributed by atoms with Crippen LogP contribution in [0.3, 0.4) is 0 Å². The van der Waals surface area contributed by atoms with E-state index in [2.05, 4.69) is 22.1 Å². The van der Waals surface area contributed by atoms with Crippen molar-refractivity contribution in [3.8, 4) is 5.75 Å². The summed E-state index contributed by atoms with van der Waals surface area (Å²) in [4.78, 5) is 11.9. The lowest BCUT2D eigenvalue weighted by Crippen LogP contribution is -2.24. The number of carbonyl (C=O) groups excluding carboxylic acids is 1. The predicted octanol–water partition coefficient (Wildman–Crippen LogP) is 3.62. The van der Waals surface area contributed by atoms with Crippen LogP contribution in [0.5, 0.6) is 5.75 Å². The first kappa shape index (κ1) is 18.8. The number of thioether (sulfide) groups is 2. The number of benzene rings is 1. The largest absolute Gasteiger partial charge is 0.497 e. The van der Waals surface area contributed by atoms with E-state index in [9.17, 15) is 4.79 Å². The molecule has 1 aromatic heterocycles. The van der Waals surface area contributed by atoms with Crippen LogP contribution in [-0.4, -0.2) is 34.7 Å². The van der Waals surface area contributed by atoms with Gasteiger partial charge in [0.1, 0.15) is 5.75 Å². The molecule has 1 heterocycles. The number of hydrogen-bond acceptors (Lipinski definition) is 7. The molecule has 24 heavy (non-hydrogen) atoms. The van der Waals surface area contributed by atoms with E-state index in [4.69, 9.17) is 4.74 Å². The van der Waals surface area contributed by atoms with Crippen LogP contribution in [0.4, 0.5) is 0 Å². The van der Waals surface area contributed by atoms with E-state index < -0.39 is 0 Å². The maximum atomic E-state index is 11.9. The van der Waals surface area contributed by atoms with Crippen molar-refractivity contribution in [2.24, 2.45) is 0 Å². The maximum absolute atomic E-state index is 11.9. The second-order valence-electron chi connectivity index (χ2n) is 4.99. The molecular weight excluding hydrogens is 362 g/mol. The third kappa shape index (κ3) is 6.54. The molecule has 0 bridgehead atoms. The molecule has 128 valence electrons. The van der Waals surface area contributed by atoms with Gasteiger partial charge in [-0.1, -0.05) is 59.1 Å². The Morgan fingerprint density at radius 1 is 1.21 bits per heavy atom. The zero-order chi connectivity index (χ0) is 17.4. The van der Waals surface area contributed by atoms with Gasteiger partial charge in [0.25, 0.3) is 0 Å². The average Bonchev–Trinajstić information content (AvgIpc) is 3.04. The number of rotatable bonds is 9. The van der Waals surface area contributed by atoms with Gasteiger partial charge in [-0.05, 0) is 24.6 Å². The van der Waals surface area contributed by atoms with Crippen LogP contribution in [-0.2, 0) is 11.3 Å². The molecule has 0 spiro atoms. The van der Waals surface area contributed by atoms with Crippen LogP contribution in [0, 0.1) is 0 Å². The quantitative estimate of drug-likeness (QED) is 0.529. The Morgan fingerprint density at radius 3 is 2.42 bits per heavy atom. The fraction of sp³-hybridized carbons (Fsp3) is 0.312. The third-order valence-electron chi connectivity index (χ3n) is 2.81. The smallest absolute Gasteiger partial charge is 0.230 e. The lowest BCUT2D eigenvalue weighted by Gasteiger charge is -2.05. The Morgan fingerprint density at radius 2 is 1.83 bits per heavy atom. The van der Waals surface area contributed by atoms with Gasteiger partial charge in [-0.25, -0.2) is 0 Å². The molecule has 0 unspecified atom stereocenters. The van der Waals surface area contributed by atoms with Crippen molar-refractivity contribution in [2.45, 2.75) is 22.1 Å². The highest BCUT2D eigenvalue weighted by molar-refractivity contribution is 8.03. The van der Waals surface area contributed by atoms with Gasteiger partial charge in [-0.3, -0.25) is 4.79 Å². The first-order chi connectivity index (χ1) is 11.6. The molecule has 0 aliphatic heterocycles. The van der Waals surface area contributed by atoms with E-state index in [0.717, 1.165) is 31.3 Å². The van der Waals surface area contributed by atoms with Gasteiger partial charge in [0, 0.05) is 12.3 Å². The fourth-order valence-corrected chi connectivity index (χ4v) is 4.31. The zero-order valence-electron chi connectivity index (χ0n) is 13.6. The van der Waals surface area contributed by atoms with Crippen LogP contribution >= 0.6 is 34.9 Å². The van der Waals surface area contributed by atoms with Gasteiger partial charge >= 0.3 is 0 Å². The molecule has 8 heteroatoms. The van der Waals surface area contributed by atoms with Crippen molar-refractivity contribution in [2.75, 3.05) is 18.6 Å². The van der Waals surface area contributed by atoms with Crippen molar-refractivity contribution in [3.05, 3.63) is 42.0 Å². The van der Waals surface area contributed by atoms with Gasteiger partial charge in [-0.15, -0.1) is 10.2 Å². The van der Waals surface area contributed by atoms with Gasteiger partial charge < -0.3 is 10.1 Å². The Kier molecular flexibility index (Phi) is 7.61. The summed E-state index contributed by atoms with van der Waals surface area (Å²) in [6.07, 6.45) is 0. The lowest BCUT2D eigenvalue weighted by molar-refractivity contribution is -0.118. The monoisotopic (exact) mass is 381 g/mol. The second kappa shape index (κ2) is 9.71. The highest BCUT2D eigenvalue weighted by Gasteiger charge is 2.08. The van der Waals surface area contributed by atoms with E-state index in [1.807, 2.05) is 31.2 Å².